The lowest BCUT2D eigenvalue weighted by atomic mass is 10.2. The van der Waals surface area contributed by atoms with E-state index in [1.165, 1.54) is 10.4 Å². The second-order valence-electron chi connectivity index (χ2n) is 5.23. The van der Waals surface area contributed by atoms with Crippen molar-refractivity contribution in [3.05, 3.63) is 53.6 Å². The summed E-state index contributed by atoms with van der Waals surface area (Å²) in [5.74, 6) is 0.512. The monoisotopic (exact) mass is 366 g/mol. The highest BCUT2D eigenvalue weighted by Gasteiger charge is 2.28. The van der Waals surface area contributed by atoms with Crippen molar-refractivity contribution in [1.29, 1.82) is 0 Å². The van der Waals surface area contributed by atoms with Crippen LogP contribution in [0, 0.1) is 0 Å². The molecule has 126 valence electrons. The van der Waals surface area contributed by atoms with Gasteiger partial charge in [0, 0.05) is 6.54 Å². The Bertz CT molecular complexity index is 856. The number of nitrogens with zero attached hydrogens (tertiary/aromatic N) is 1. The zero-order valence-electron chi connectivity index (χ0n) is 12.6. The van der Waals surface area contributed by atoms with Crippen LogP contribution in [-0.4, -0.2) is 26.8 Å². The fourth-order valence-corrected chi connectivity index (χ4v) is 4.15. The number of ether oxygens (including phenoxy) is 1. The van der Waals surface area contributed by atoms with Crippen LogP contribution >= 0.6 is 11.6 Å². The van der Waals surface area contributed by atoms with E-state index in [2.05, 4.69) is 5.32 Å². The fourth-order valence-electron chi connectivity index (χ4n) is 2.42. The van der Waals surface area contributed by atoms with Gasteiger partial charge in [0.25, 0.3) is 0 Å². The van der Waals surface area contributed by atoms with Gasteiger partial charge in [-0.05, 0) is 36.8 Å². The van der Waals surface area contributed by atoms with Gasteiger partial charge in [-0.15, -0.1) is 0 Å². The maximum Gasteiger partial charge on any atom is 0.417 e. The fraction of sp³-hybridized carbons (Fsp3) is 0.188. The molecule has 0 atom stereocenters. The molecule has 1 aliphatic rings. The number of para-hydroxylation sites is 1. The third-order valence-corrected chi connectivity index (χ3v) is 5.73. The lowest BCUT2D eigenvalue weighted by Crippen LogP contribution is -2.25. The Morgan fingerprint density at radius 1 is 1.17 bits per heavy atom. The molecule has 8 heteroatoms. The molecule has 1 N–H and O–H groups in total. The summed E-state index contributed by atoms with van der Waals surface area (Å²) in [4.78, 5) is 12.0. The van der Waals surface area contributed by atoms with E-state index in [1.54, 1.807) is 36.4 Å². The molecular weight excluding hydrogens is 352 g/mol. The number of rotatable bonds is 3. The van der Waals surface area contributed by atoms with Gasteiger partial charge in [-0.3, -0.25) is 9.62 Å². The van der Waals surface area contributed by atoms with Crippen LogP contribution in [0.25, 0.3) is 0 Å². The van der Waals surface area contributed by atoms with E-state index < -0.39 is 16.1 Å². The third-order valence-electron chi connectivity index (χ3n) is 3.53. The molecule has 1 aliphatic heterocycles. The van der Waals surface area contributed by atoms with E-state index in [-0.39, 0.29) is 11.4 Å². The second-order valence-corrected chi connectivity index (χ2v) is 7.65. The highest BCUT2D eigenvalue weighted by Crippen LogP contribution is 2.31. The summed E-state index contributed by atoms with van der Waals surface area (Å²) in [6, 6.07) is 13.3. The third kappa shape index (κ3) is 3.63. The van der Waals surface area contributed by atoms with Crippen LogP contribution < -0.4 is 14.4 Å². The Kier molecular flexibility index (Phi) is 4.64. The topological polar surface area (TPSA) is 75.7 Å². The van der Waals surface area contributed by atoms with Crippen LogP contribution in [0.2, 0.25) is 5.02 Å². The van der Waals surface area contributed by atoms with Crippen molar-refractivity contribution in [2.75, 3.05) is 21.9 Å². The van der Waals surface area contributed by atoms with Gasteiger partial charge in [-0.1, -0.05) is 29.8 Å². The number of nitrogens with one attached hydrogen (secondary N) is 1. The Balaban J connectivity index is 1.78. The van der Waals surface area contributed by atoms with Gasteiger partial charge in [0.2, 0.25) is 10.0 Å². The first kappa shape index (κ1) is 16.6. The minimum Gasteiger partial charge on any atom is -0.410 e. The average molecular weight is 367 g/mol. The Morgan fingerprint density at radius 2 is 1.92 bits per heavy atom. The molecule has 1 saturated heterocycles. The van der Waals surface area contributed by atoms with Gasteiger partial charge in [0.15, 0.2) is 0 Å². The Morgan fingerprint density at radius 3 is 2.58 bits per heavy atom. The summed E-state index contributed by atoms with van der Waals surface area (Å²) in [5, 5.41) is 2.83. The number of benzene rings is 2. The van der Waals surface area contributed by atoms with Crippen molar-refractivity contribution in [2.24, 2.45) is 0 Å². The van der Waals surface area contributed by atoms with Crippen LogP contribution in [-0.2, 0) is 10.0 Å². The number of hydrogen-bond acceptors (Lipinski definition) is 4. The van der Waals surface area contributed by atoms with Crippen molar-refractivity contribution >= 4 is 39.1 Å². The maximum atomic E-state index is 12.0. The number of halogens is 1. The Hall–Kier alpha value is -2.25. The van der Waals surface area contributed by atoms with Gasteiger partial charge >= 0.3 is 6.09 Å². The number of amides is 1. The number of carbonyl (C=O) groups excluding carboxylic acids is 1. The molecule has 6 nitrogen and oxygen atoms in total. The molecule has 2 aromatic carbocycles. The maximum absolute atomic E-state index is 12.0. The predicted molar refractivity (Wildman–Crippen MR) is 93.3 cm³/mol. The number of carbonyl (C=O) groups is 1. The van der Waals surface area contributed by atoms with Crippen molar-refractivity contribution < 1.29 is 17.9 Å². The summed E-state index contributed by atoms with van der Waals surface area (Å²) in [6.45, 7) is 0.415. The first-order valence-corrected chi connectivity index (χ1v) is 9.28. The predicted octanol–water partition coefficient (Wildman–Crippen LogP) is 3.49. The number of sulfonamides is 1. The van der Waals surface area contributed by atoms with Crippen LogP contribution in [0.4, 0.5) is 16.2 Å². The molecule has 3 rings (SSSR count). The largest absolute Gasteiger partial charge is 0.417 e. The van der Waals surface area contributed by atoms with E-state index in [1.807, 2.05) is 6.07 Å². The molecule has 1 amide bonds. The van der Waals surface area contributed by atoms with Crippen molar-refractivity contribution in [1.82, 2.24) is 0 Å². The van der Waals surface area contributed by atoms with E-state index >= 15 is 0 Å². The average Bonchev–Trinajstić information content (AvgIpc) is 2.90. The van der Waals surface area contributed by atoms with E-state index in [4.69, 9.17) is 16.3 Å². The summed E-state index contributed by atoms with van der Waals surface area (Å²) < 4.78 is 30.5. The van der Waals surface area contributed by atoms with Crippen LogP contribution in [0.15, 0.2) is 48.5 Å². The second kappa shape index (κ2) is 6.70. The zero-order chi connectivity index (χ0) is 17.2. The van der Waals surface area contributed by atoms with Gasteiger partial charge in [-0.25, -0.2) is 13.2 Å². The van der Waals surface area contributed by atoms with Crippen molar-refractivity contribution in [3.63, 3.8) is 0 Å². The molecular formula is C16H15ClN2O4S. The molecule has 24 heavy (non-hydrogen) atoms. The van der Waals surface area contributed by atoms with E-state index in [9.17, 15) is 13.2 Å². The molecule has 0 spiro atoms. The van der Waals surface area contributed by atoms with Gasteiger partial charge in [0.05, 0.1) is 22.2 Å². The van der Waals surface area contributed by atoms with Gasteiger partial charge in [-0.2, -0.15) is 0 Å². The lowest BCUT2D eigenvalue weighted by Gasteiger charge is -2.18. The summed E-state index contributed by atoms with van der Waals surface area (Å²) in [5.41, 5.74) is 0.754. The molecule has 0 aliphatic carbocycles. The number of anilines is 2. The summed E-state index contributed by atoms with van der Waals surface area (Å²) in [6.07, 6.45) is -0.131. The smallest absolute Gasteiger partial charge is 0.410 e. The van der Waals surface area contributed by atoms with Crippen LogP contribution in [0.5, 0.6) is 5.75 Å². The molecule has 0 saturated carbocycles. The van der Waals surface area contributed by atoms with Crippen molar-refractivity contribution in [2.45, 2.75) is 6.42 Å². The highest BCUT2D eigenvalue weighted by atomic mass is 35.5. The SMILES string of the molecule is O=C(Nc1cc(N2CCCS2(=O)=O)ccc1Cl)Oc1ccccc1. The quantitative estimate of drug-likeness (QED) is 0.902. The first-order chi connectivity index (χ1) is 11.5. The van der Waals surface area contributed by atoms with Crippen LogP contribution in [0.3, 0.4) is 0 Å². The molecule has 2 aromatic rings. The molecule has 1 heterocycles. The van der Waals surface area contributed by atoms with E-state index in [0.29, 0.717) is 29.4 Å². The highest BCUT2D eigenvalue weighted by molar-refractivity contribution is 7.93. The minimum atomic E-state index is -3.30. The lowest BCUT2D eigenvalue weighted by molar-refractivity contribution is 0.215. The normalized spacial score (nSPS) is 16.0. The van der Waals surface area contributed by atoms with Crippen LogP contribution in [0.1, 0.15) is 6.42 Å². The zero-order valence-corrected chi connectivity index (χ0v) is 14.2. The summed E-state index contributed by atoms with van der Waals surface area (Å²) >= 11 is 6.08. The van der Waals surface area contributed by atoms with Gasteiger partial charge < -0.3 is 4.74 Å². The molecule has 0 bridgehead atoms. The molecule has 0 radical (unpaired) electrons. The minimum absolute atomic E-state index is 0.119. The molecule has 0 aromatic heterocycles. The van der Waals surface area contributed by atoms with Gasteiger partial charge in [0.1, 0.15) is 5.75 Å². The first-order valence-electron chi connectivity index (χ1n) is 7.29. The number of hydrogen-bond donors (Lipinski definition) is 1. The van der Waals surface area contributed by atoms with Crippen molar-refractivity contribution in [3.8, 4) is 5.75 Å². The Labute approximate surface area is 145 Å². The standard InChI is InChI=1S/C16H15ClN2O4S/c17-14-8-7-12(19-9-4-10-24(19,21)22)11-15(14)18-16(20)23-13-5-2-1-3-6-13/h1-3,5-8,11H,4,9-10H2,(H,18,20). The molecule has 1 fully saturated rings. The summed E-state index contributed by atoms with van der Waals surface area (Å²) in [7, 11) is -3.30. The molecule has 0 unspecified atom stereocenters. The van der Waals surface area contributed by atoms with E-state index in [0.717, 1.165) is 0 Å².